The van der Waals surface area contributed by atoms with Crippen LogP contribution in [0.15, 0.2) is 50.6 Å². The lowest BCUT2D eigenvalue weighted by Crippen LogP contribution is -1.92. The van der Waals surface area contributed by atoms with Gasteiger partial charge in [0.25, 0.3) is 0 Å². The lowest BCUT2D eigenvalue weighted by molar-refractivity contribution is -0.385. The molecule has 2 heterocycles. The molecule has 0 aliphatic heterocycles. The highest BCUT2D eigenvalue weighted by molar-refractivity contribution is 9.10. The first-order chi connectivity index (χ1) is 11.1. The zero-order valence-electron chi connectivity index (χ0n) is 11.2. The number of nitro groups is 1. The Kier molecular flexibility index (Phi) is 4.79. The van der Waals surface area contributed by atoms with Gasteiger partial charge in [0.15, 0.2) is 9.50 Å². The van der Waals surface area contributed by atoms with Crippen LogP contribution in [0.4, 0.5) is 16.5 Å². The van der Waals surface area contributed by atoms with Crippen molar-refractivity contribution in [3.05, 3.63) is 51.2 Å². The van der Waals surface area contributed by atoms with Crippen LogP contribution in [0.2, 0.25) is 0 Å². The van der Waals surface area contributed by atoms with Gasteiger partial charge in [-0.15, -0.1) is 10.2 Å². The highest BCUT2D eigenvalue weighted by atomic mass is 79.9. The molecule has 11 heteroatoms. The van der Waals surface area contributed by atoms with Crippen LogP contribution >= 0.6 is 39.0 Å². The molecule has 116 valence electrons. The molecular formula is C12H7BrN6O2S2. The van der Waals surface area contributed by atoms with E-state index in [0.29, 0.717) is 14.6 Å². The van der Waals surface area contributed by atoms with Gasteiger partial charge in [0, 0.05) is 10.2 Å². The molecule has 0 aliphatic rings. The van der Waals surface area contributed by atoms with Gasteiger partial charge >= 0.3 is 5.69 Å². The number of nitrogens with one attached hydrogen (secondary N) is 1. The molecule has 0 bridgehead atoms. The van der Waals surface area contributed by atoms with E-state index in [1.165, 1.54) is 23.1 Å². The molecular weight excluding hydrogens is 404 g/mol. The van der Waals surface area contributed by atoms with E-state index >= 15 is 0 Å². The van der Waals surface area contributed by atoms with Gasteiger partial charge in [-0.05, 0) is 30.0 Å². The molecule has 0 amide bonds. The summed E-state index contributed by atoms with van der Waals surface area (Å²) in [6, 6.07) is 7.68. The zero-order valence-corrected chi connectivity index (χ0v) is 14.4. The van der Waals surface area contributed by atoms with Crippen molar-refractivity contribution in [1.82, 2.24) is 20.2 Å². The predicted molar refractivity (Wildman–Crippen MR) is 90.1 cm³/mol. The average Bonchev–Trinajstić information content (AvgIpc) is 2.95. The van der Waals surface area contributed by atoms with Crippen LogP contribution in [0.25, 0.3) is 0 Å². The van der Waals surface area contributed by atoms with Gasteiger partial charge in [0.2, 0.25) is 5.13 Å². The van der Waals surface area contributed by atoms with Gasteiger partial charge in [-0.1, -0.05) is 33.3 Å². The van der Waals surface area contributed by atoms with Crippen molar-refractivity contribution in [2.45, 2.75) is 9.50 Å². The average molecular weight is 411 g/mol. The molecule has 3 rings (SSSR count). The van der Waals surface area contributed by atoms with Crippen molar-refractivity contribution in [3.63, 3.8) is 0 Å². The number of benzene rings is 1. The summed E-state index contributed by atoms with van der Waals surface area (Å²) in [6.45, 7) is 0. The van der Waals surface area contributed by atoms with Crippen LogP contribution in [0.5, 0.6) is 0 Å². The molecule has 8 nitrogen and oxygen atoms in total. The monoisotopic (exact) mass is 410 g/mol. The normalized spacial score (nSPS) is 10.5. The number of anilines is 2. The highest BCUT2D eigenvalue weighted by Crippen LogP contribution is 2.31. The topological polar surface area (TPSA) is 107 Å². The molecule has 0 saturated carbocycles. The minimum Gasteiger partial charge on any atom is -0.330 e. The lowest BCUT2D eigenvalue weighted by Gasteiger charge is -2.01. The zero-order chi connectivity index (χ0) is 16.2. The third-order valence-electron chi connectivity index (χ3n) is 2.49. The van der Waals surface area contributed by atoms with Crippen LogP contribution in [0.1, 0.15) is 0 Å². The van der Waals surface area contributed by atoms with Crippen LogP contribution in [-0.2, 0) is 0 Å². The molecule has 1 N–H and O–H groups in total. The molecule has 3 aromatic rings. The van der Waals surface area contributed by atoms with Gasteiger partial charge in [-0.25, -0.2) is 9.97 Å². The Morgan fingerprint density at radius 2 is 2.04 bits per heavy atom. The smallest absolute Gasteiger partial charge is 0.305 e. The van der Waals surface area contributed by atoms with Gasteiger partial charge in [-0.2, -0.15) is 0 Å². The van der Waals surface area contributed by atoms with E-state index in [1.54, 1.807) is 0 Å². The molecule has 0 atom stereocenters. The first-order valence-electron chi connectivity index (χ1n) is 6.10. The van der Waals surface area contributed by atoms with Gasteiger partial charge < -0.3 is 5.32 Å². The first kappa shape index (κ1) is 15.8. The Morgan fingerprint density at radius 1 is 1.26 bits per heavy atom. The Labute approximate surface area is 146 Å². The summed E-state index contributed by atoms with van der Waals surface area (Å²) in [5.41, 5.74) is 0.738. The maximum atomic E-state index is 10.6. The maximum Gasteiger partial charge on any atom is 0.305 e. The second-order valence-electron chi connectivity index (χ2n) is 4.09. The number of hydrogen-bond donors (Lipinski definition) is 1. The molecule has 23 heavy (non-hydrogen) atoms. The minimum atomic E-state index is -0.542. The standard InChI is InChI=1S/C12H7BrN6O2S2/c13-7-2-1-3-8(4-7)16-11-17-18-12(23-11)22-10-14-5-9(6-15-10)19(20)21/h1-6H,(H,16,17). The van der Waals surface area contributed by atoms with Crippen LogP contribution in [0, 0.1) is 10.1 Å². The first-order valence-corrected chi connectivity index (χ1v) is 8.53. The van der Waals surface area contributed by atoms with Crippen molar-refractivity contribution in [2.75, 3.05) is 5.32 Å². The maximum absolute atomic E-state index is 10.6. The second kappa shape index (κ2) is 6.98. The van der Waals surface area contributed by atoms with E-state index in [-0.39, 0.29) is 5.69 Å². The van der Waals surface area contributed by atoms with E-state index < -0.39 is 4.92 Å². The molecule has 0 radical (unpaired) electrons. The quantitative estimate of drug-likeness (QED) is 0.383. The molecule has 0 fully saturated rings. The molecule has 2 aromatic heterocycles. The van der Waals surface area contributed by atoms with E-state index in [0.717, 1.165) is 22.6 Å². The minimum absolute atomic E-state index is 0.149. The summed E-state index contributed by atoms with van der Waals surface area (Å²) in [5, 5.41) is 22.8. The third-order valence-corrected chi connectivity index (χ3v) is 4.76. The Hall–Kier alpha value is -2.11. The fourth-order valence-electron chi connectivity index (χ4n) is 1.53. The van der Waals surface area contributed by atoms with Gasteiger partial charge in [0.05, 0.1) is 4.92 Å². The molecule has 0 spiro atoms. The third kappa shape index (κ3) is 4.21. The Bertz CT molecular complexity index is 842. The summed E-state index contributed by atoms with van der Waals surface area (Å²) in [7, 11) is 0. The predicted octanol–water partition coefficient (Wildman–Crippen LogP) is 3.89. The Morgan fingerprint density at radius 3 is 2.74 bits per heavy atom. The number of halogens is 1. The van der Waals surface area contributed by atoms with Gasteiger partial charge in [0.1, 0.15) is 12.4 Å². The second-order valence-corrected chi connectivity index (χ2v) is 7.20. The van der Waals surface area contributed by atoms with Crippen LogP contribution in [-0.4, -0.2) is 25.1 Å². The summed E-state index contributed by atoms with van der Waals surface area (Å²) in [4.78, 5) is 17.9. The van der Waals surface area contributed by atoms with Crippen molar-refractivity contribution < 1.29 is 4.92 Å². The number of rotatable bonds is 5. The molecule has 1 aromatic carbocycles. The van der Waals surface area contributed by atoms with E-state index in [1.807, 2.05) is 24.3 Å². The van der Waals surface area contributed by atoms with Crippen molar-refractivity contribution in [3.8, 4) is 0 Å². The Balaban J connectivity index is 1.68. The van der Waals surface area contributed by atoms with Crippen LogP contribution < -0.4 is 5.32 Å². The lowest BCUT2D eigenvalue weighted by atomic mass is 10.3. The fourth-order valence-corrected chi connectivity index (χ4v) is 3.50. The SMILES string of the molecule is O=[N+]([O-])c1cnc(Sc2nnc(Nc3cccc(Br)c3)s2)nc1. The number of aromatic nitrogens is 4. The molecule has 0 saturated heterocycles. The van der Waals surface area contributed by atoms with E-state index in [2.05, 4.69) is 41.4 Å². The number of hydrogen-bond acceptors (Lipinski definition) is 9. The summed E-state index contributed by atoms with van der Waals surface area (Å²) < 4.78 is 1.59. The van der Waals surface area contributed by atoms with Gasteiger partial charge in [-0.3, -0.25) is 10.1 Å². The van der Waals surface area contributed by atoms with Crippen molar-refractivity contribution in [2.24, 2.45) is 0 Å². The fraction of sp³-hybridized carbons (Fsp3) is 0. The van der Waals surface area contributed by atoms with Crippen molar-refractivity contribution >= 4 is 55.5 Å². The summed E-state index contributed by atoms with van der Waals surface area (Å²) >= 11 is 5.93. The molecule has 0 aliphatic carbocycles. The molecule has 0 unspecified atom stereocenters. The van der Waals surface area contributed by atoms with E-state index in [4.69, 9.17) is 0 Å². The van der Waals surface area contributed by atoms with E-state index in [9.17, 15) is 10.1 Å². The van der Waals surface area contributed by atoms with Crippen LogP contribution in [0.3, 0.4) is 0 Å². The highest BCUT2D eigenvalue weighted by Gasteiger charge is 2.11. The summed E-state index contributed by atoms with van der Waals surface area (Å²) in [5.74, 6) is 0. The van der Waals surface area contributed by atoms with Crippen molar-refractivity contribution in [1.29, 1.82) is 0 Å². The largest absolute Gasteiger partial charge is 0.330 e. The summed E-state index contributed by atoms with van der Waals surface area (Å²) in [6.07, 6.45) is 2.33. The number of nitrogens with zero attached hydrogens (tertiary/aromatic N) is 5.